The van der Waals surface area contributed by atoms with Crippen LogP contribution in [0.1, 0.15) is 14.5 Å². The van der Waals surface area contributed by atoms with Gasteiger partial charge in [-0.05, 0) is 39.5 Å². The van der Waals surface area contributed by atoms with Crippen LogP contribution in [0.5, 0.6) is 0 Å². The van der Waals surface area contributed by atoms with Gasteiger partial charge in [-0.25, -0.2) is 8.42 Å². The Bertz CT molecular complexity index is 856. The van der Waals surface area contributed by atoms with Gasteiger partial charge in [0.25, 0.3) is 5.91 Å². The van der Waals surface area contributed by atoms with Gasteiger partial charge < -0.3 is 4.90 Å². The topological polar surface area (TPSA) is 57.7 Å². The Labute approximate surface area is 168 Å². The Balaban J connectivity index is 1.81. The Morgan fingerprint density at radius 3 is 2.64 bits per heavy atom. The number of rotatable bonds is 5. The van der Waals surface area contributed by atoms with Crippen LogP contribution in [-0.2, 0) is 16.6 Å². The summed E-state index contributed by atoms with van der Waals surface area (Å²) in [6.07, 6.45) is 0. The molecule has 0 radical (unpaired) electrons. The molecule has 1 saturated heterocycles. The van der Waals surface area contributed by atoms with Crippen LogP contribution < -0.4 is 0 Å². The average Bonchev–Trinajstić information content (AvgIpc) is 3.24. The van der Waals surface area contributed by atoms with Crippen molar-refractivity contribution in [1.29, 1.82) is 0 Å². The first-order valence-corrected chi connectivity index (χ1v) is 12.6. The van der Waals surface area contributed by atoms with Crippen molar-refractivity contribution in [3.8, 4) is 0 Å². The van der Waals surface area contributed by atoms with E-state index in [0.29, 0.717) is 19.6 Å². The molecule has 1 fully saturated rings. The zero-order valence-corrected chi connectivity index (χ0v) is 18.3. The summed E-state index contributed by atoms with van der Waals surface area (Å²) in [6.45, 7) is 1.44. The van der Waals surface area contributed by atoms with Crippen LogP contribution in [0.4, 0.5) is 0 Å². The molecule has 2 aromatic rings. The van der Waals surface area contributed by atoms with Gasteiger partial charge >= 0.3 is 0 Å². The first-order chi connectivity index (χ1) is 11.9. The Morgan fingerprint density at radius 2 is 2.00 bits per heavy atom. The number of carbonyl (C=O) groups is 1. The van der Waals surface area contributed by atoms with Crippen molar-refractivity contribution in [2.24, 2.45) is 0 Å². The number of thioether (sulfide) groups is 1. The summed E-state index contributed by atoms with van der Waals surface area (Å²) in [4.78, 5) is 15.8. The Hall–Kier alpha value is -0.390. The van der Waals surface area contributed by atoms with E-state index >= 15 is 0 Å². The van der Waals surface area contributed by atoms with Gasteiger partial charge in [0.1, 0.15) is 9.77 Å². The van der Waals surface area contributed by atoms with Gasteiger partial charge in [0, 0.05) is 36.5 Å². The molecular weight excluding hydrogens is 464 g/mol. The predicted octanol–water partition coefficient (Wildman–Crippen LogP) is 3.58. The lowest BCUT2D eigenvalue weighted by atomic mass is 10.3. The van der Waals surface area contributed by atoms with E-state index < -0.39 is 10.0 Å². The minimum absolute atomic E-state index is 0.133. The molecule has 2 aromatic heterocycles. The SMILES string of the molecule is CN(Cc1ccc(Br)s1)C(=O)c1sccc1S(=O)(=O)N1CCSCC1. The monoisotopic (exact) mass is 480 g/mol. The highest BCUT2D eigenvalue weighted by Gasteiger charge is 2.32. The highest BCUT2D eigenvalue weighted by molar-refractivity contribution is 9.11. The lowest BCUT2D eigenvalue weighted by Gasteiger charge is -2.26. The van der Waals surface area contributed by atoms with Crippen LogP contribution in [0, 0.1) is 0 Å². The van der Waals surface area contributed by atoms with E-state index in [9.17, 15) is 13.2 Å². The van der Waals surface area contributed by atoms with Gasteiger partial charge in [0.15, 0.2) is 0 Å². The molecule has 1 aliphatic heterocycles. The number of thiophene rings is 2. The molecule has 1 aliphatic rings. The number of amides is 1. The number of hydrogen-bond acceptors (Lipinski definition) is 6. The van der Waals surface area contributed by atoms with Crippen LogP contribution in [0.2, 0.25) is 0 Å². The zero-order chi connectivity index (χ0) is 18.0. The lowest BCUT2D eigenvalue weighted by Crippen LogP contribution is -2.38. The first-order valence-electron chi connectivity index (χ1n) is 7.54. The zero-order valence-electron chi connectivity index (χ0n) is 13.5. The average molecular weight is 481 g/mol. The Morgan fingerprint density at radius 1 is 1.28 bits per heavy atom. The molecule has 0 unspecified atom stereocenters. The number of hydrogen-bond donors (Lipinski definition) is 0. The van der Waals surface area contributed by atoms with Crippen molar-refractivity contribution in [2.45, 2.75) is 11.4 Å². The van der Waals surface area contributed by atoms with Gasteiger partial charge in [-0.15, -0.1) is 22.7 Å². The molecule has 0 N–H and O–H groups in total. The predicted molar refractivity (Wildman–Crippen MR) is 108 cm³/mol. The molecule has 0 spiro atoms. The molecule has 0 atom stereocenters. The van der Waals surface area contributed by atoms with E-state index in [2.05, 4.69) is 15.9 Å². The Kier molecular flexibility index (Phi) is 6.27. The van der Waals surface area contributed by atoms with Gasteiger partial charge in [-0.2, -0.15) is 16.1 Å². The maximum atomic E-state index is 12.9. The molecule has 0 saturated carbocycles. The van der Waals surface area contributed by atoms with Gasteiger partial charge in [-0.1, -0.05) is 0 Å². The van der Waals surface area contributed by atoms with Crippen LogP contribution in [0.3, 0.4) is 0 Å². The molecule has 5 nitrogen and oxygen atoms in total. The van der Waals surface area contributed by atoms with Crippen LogP contribution in [-0.4, -0.2) is 55.2 Å². The van der Waals surface area contributed by atoms with E-state index in [1.54, 1.807) is 46.5 Å². The molecule has 25 heavy (non-hydrogen) atoms. The van der Waals surface area contributed by atoms with Crippen molar-refractivity contribution in [2.75, 3.05) is 31.6 Å². The van der Waals surface area contributed by atoms with Gasteiger partial charge in [0.2, 0.25) is 10.0 Å². The summed E-state index contributed by atoms with van der Waals surface area (Å²) < 4.78 is 28.3. The van der Waals surface area contributed by atoms with Crippen molar-refractivity contribution in [1.82, 2.24) is 9.21 Å². The van der Waals surface area contributed by atoms with E-state index in [1.807, 2.05) is 12.1 Å². The van der Waals surface area contributed by atoms with E-state index in [1.165, 1.54) is 15.6 Å². The minimum atomic E-state index is -3.62. The fourth-order valence-electron chi connectivity index (χ4n) is 2.50. The quantitative estimate of drug-likeness (QED) is 0.655. The third kappa shape index (κ3) is 4.30. The minimum Gasteiger partial charge on any atom is -0.336 e. The maximum Gasteiger partial charge on any atom is 0.265 e. The van der Waals surface area contributed by atoms with Gasteiger partial charge in [0.05, 0.1) is 10.3 Å². The summed E-state index contributed by atoms with van der Waals surface area (Å²) >= 11 is 7.90. The van der Waals surface area contributed by atoms with Crippen molar-refractivity contribution in [3.05, 3.63) is 37.1 Å². The maximum absolute atomic E-state index is 12.9. The van der Waals surface area contributed by atoms with Crippen molar-refractivity contribution >= 4 is 66.3 Å². The lowest BCUT2D eigenvalue weighted by molar-refractivity contribution is 0.0787. The fraction of sp³-hybridized carbons (Fsp3) is 0.400. The number of nitrogens with zero attached hydrogens (tertiary/aromatic N) is 2. The molecule has 136 valence electrons. The smallest absolute Gasteiger partial charge is 0.265 e. The molecule has 0 aliphatic carbocycles. The van der Waals surface area contributed by atoms with Crippen molar-refractivity contribution in [3.63, 3.8) is 0 Å². The summed E-state index contributed by atoms with van der Waals surface area (Å²) in [6, 6.07) is 5.44. The van der Waals surface area contributed by atoms with E-state index in [0.717, 1.165) is 20.2 Å². The summed E-state index contributed by atoms with van der Waals surface area (Å²) in [5, 5.41) is 1.67. The molecule has 3 rings (SSSR count). The van der Waals surface area contributed by atoms with E-state index in [4.69, 9.17) is 0 Å². The molecule has 0 bridgehead atoms. The van der Waals surface area contributed by atoms with Crippen LogP contribution >= 0.6 is 50.4 Å². The summed E-state index contributed by atoms with van der Waals surface area (Å²) in [5.74, 6) is 1.32. The molecule has 0 aromatic carbocycles. The molecule has 1 amide bonds. The number of sulfonamides is 1. The second-order valence-corrected chi connectivity index (χ2v) is 12.1. The third-order valence-electron chi connectivity index (χ3n) is 3.78. The first kappa shape index (κ1) is 19.4. The van der Waals surface area contributed by atoms with Gasteiger partial charge in [-0.3, -0.25) is 4.79 Å². The highest BCUT2D eigenvalue weighted by atomic mass is 79.9. The molecular formula is C15H17BrN2O3S4. The molecule has 10 heteroatoms. The second kappa shape index (κ2) is 8.10. The van der Waals surface area contributed by atoms with Crippen LogP contribution in [0.15, 0.2) is 32.3 Å². The summed E-state index contributed by atoms with van der Waals surface area (Å²) in [5.41, 5.74) is 0. The fourth-order valence-corrected chi connectivity index (χ4v) is 8.00. The van der Waals surface area contributed by atoms with Crippen molar-refractivity contribution < 1.29 is 13.2 Å². The highest BCUT2D eigenvalue weighted by Crippen LogP contribution is 2.29. The number of carbonyl (C=O) groups excluding carboxylic acids is 1. The standard InChI is InChI=1S/C15H17BrN2O3S4/c1-17(10-11-2-3-13(16)24-11)15(19)14-12(4-7-23-14)25(20,21)18-5-8-22-9-6-18/h2-4,7H,5-6,8-10H2,1H3. The summed E-state index contributed by atoms with van der Waals surface area (Å²) in [7, 11) is -1.92. The molecule has 3 heterocycles. The third-order valence-corrected chi connectivity index (χ3v) is 9.30. The number of halogens is 1. The second-order valence-electron chi connectivity index (χ2n) is 5.50. The normalized spacial score (nSPS) is 16.1. The van der Waals surface area contributed by atoms with Crippen LogP contribution in [0.25, 0.3) is 0 Å². The van der Waals surface area contributed by atoms with E-state index in [-0.39, 0.29) is 15.7 Å². The largest absolute Gasteiger partial charge is 0.336 e.